The Morgan fingerprint density at radius 2 is 1.95 bits per heavy atom. The number of benzene rings is 1. The summed E-state index contributed by atoms with van der Waals surface area (Å²) < 4.78 is 13.8. The highest BCUT2D eigenvalue weighted by Crippen LogP contribution is 2.22. The number of imide groups is 2. The van der Waals surface area contributed by atoms with Gasteiger partial charge in [-0.1, -0.05) is 12.1 Å². The van der Waals surface area contributed by atoms with Crippen LogP contribution in [0.25, 0.3) is 0 Å². The molecule has 1 saturated carbocycles. The number of hydrogen-bond donors (Lipinski definition) is 2. The molecule has 1 aliphatic carbocycles. The number of halogens is 1. The summed E-state index contributed by atoms with van der Waals surface area (Å²) in [5, 5.41) is 2.07. The summed E-state index contributed by atoms with van der Waals surface area (Å²) in [4.78, 5) is 39.5. The van der Waals surface area contributed by atoms with Crippen molar-refractivity contribution in [3.05, 3.63) is 30.1 Å². The van der Waals surface area contributed by atoms with Crippen molar-refractivity contribution in [2.45, 2.75) is 18.9 Å². The fraction of sp³-hybridized carbons (Fsp3) is 0.286. The number of para-hydroxylation sites is 1. The van der Waals surface area contributed by atoms with E-state index in [0.717, 1.165) is 18.9 Å². The lowest BCUT2D eigenvalue weighted by atomic mass is 10.1. The van der Waals surface area contributed by atoms with E-state index >= 15 is 0 Å². The number of barbiturate groups is 1. The Bertz CT molecular complexity index is 655. The maximum atomic E-state index is 13.8. The van der Waals surface area contributed by atoms with E-state index in [2.05, 4.69) is 10.3 Å². The van der Waals surface area contributed by atoms with Crippen molar-refractivity contribution in [2.24, 2.45) is 5.92 Å². The number of nitrogens with one attached hydrogen (secondary N) is 2. The van der Waals surface area contributed by atoms with E-state index in [0.29, 0.717) is 4.90 Å². The van der Waals surface area contributed by atoms with Crippen LogP contribution in [0.4, 0.5) is 14.9 Å². The molecule has 0 spiro atoms. The van der Waals surface area contributed by atoms with Gasteiger partial charge in [0.15, 0.2) is 18.2 Å². The molecule has 0 bridgehead atoms. The second kappa shape index (κ2) is 5.08. The Morgan fingerprint density at radius 1 is 1.24 bits per heavy atom. The lowest BCUT2D eigenvalue weighted by Crippen LogP contribution is -2.74. The first-order valence-corrected chi connectivity index (χ1v) is 6.60. The molecule has 108 valence electrons. The van der Waals surface area contributed by atoms with Crippen molar-refractivity contribution in [2.75, 3.05) is 4.90 Å². The minimum absolute atomic E-state index is 0.169. The fourth-order valence-electron chi connectivity index (χ4n) is 2.08. The molecule has 2 N–H and O–H groups in total. The van der Waals surface area contributed by atoms with Gasteiger partial charge in [0.25, 0.3) is 11.8 Å². The first-order valence-electron chi connectivity index (χ1n) is 6.60. The summed E-state index contributed by atoms with van der Waals surface area (Å²) in [6.45, 7) is 0. The van der Waals surface area contributed by atoms with Gasteiger partial charge in [0.1, 0.15) is 5.82 Å². The third-order valence-corrected chi connectivity index (χ3v) is 3.37. The third-order valence-electron chi connectivity index (χ3n) is 3.37. The molecule has 6 nitrogen and oxygen atoms in total. The van der Waals surface area contributed by atoms with Gasteiger partial charge in [0.05, 0.1) is 5.69 Å². The number of urea groups is 1. The summed E-state index contributed by atoms with van der Waals surface area (Å²) >= 11 is 0. The predicted molar refractivity (Wildman–Crippen MR) is 71.0 cm³/mol. The molecule has 2 aliphatic rings. The minimum Gasteiger partial charge on any atom is -0.276 e. The molecular formula is C14H13FN3O3+. The molecule has 1 heterocycles. The van der Waals surface area contributed by atoms with Gasteiger partial charge in [0.2, 0.25) is 0 Å². The van der Waals surface area contributed by atoms with Crippen LogP contribution < -0.4 is 15.2 Å². The van der Waals surface area contributed by atoms with Gasteiger partial charge in [-0.2, -0.15) is 0 Å². The summed E-state index contributed by atoms with van der Waals surface area (Å²) in [6, 6.07) is 4.75. The molecule has 0 radical (unpaired) electrons. The monoisotopic (exact) mass is 290 g/mol. The molecule has 4 amide bonds. The van der Waals surface area contributed by atoms with Crippen molar-refractivity contribution >= 4 is 29.7 Å². The number of carbonyl (C=O) groups is 3. The Hall–Kier alpha value is -2.57. The zero-order chi connectivity index (χ0) is 15.0. The van der Waals surface area contributed by atoms with Gasteiger partial charge in [0, 0.05) is 12.8 Å². The van der Waals surface area contributed by atoms with Gasteiger partial charge in [-0.15, -0.1) is 0 Å². The molecule has 1 saturated heterocycles. The van der Waals surface area contributed by atoms with Crippen LogP contribution in [0.5, 0.6) is 0 Å². The lowest BCUT2D eigenvalue weighted by Gasteiger charge is -2.27. The second-order valence-electron chi connectivity index (χ2n) is 5.00. The molecule has 7 heteroatoms. The minimum atomic E-state index is -1.15. The highest BCUT2D eigenvalue weighted by Gasteiger charge is 2.43. The van der Waals surface area contributed by atoms with E-state index in [9.17, 15) is 18.8 Å². The van der Waals surface area contributed by atoms with E-state index in [1.807, 2.05) is 0 Å². The Balaban J connectivity index is 1.92. The van der Waals surface area contributed by atoms with Gasteiger partial charge >= 0.3 is 6.03 Å². The van der Waals surface area contributed by atoms with Crippen LogP contribution in [0.15, 0.2) is 24.3 Å². The van der Waals surface area contributed by atoms with Gasteiger partial charge < -0.3 is 0 Å². The van der Waals surface area contributed by atoms with Crippen LogP contribution in [-0.4, -0.2) is 30.1 Å². The molecule has 1 aliphatic heterocycles. The first kappa shape index (κ1) is 13.4. The highest BCUT2D eigenvalue weighted by atomic mass is 19.1. The van der Waals surface area contributed by atoms with Crippen molar-refractivity contribution < 1.29 is 23.8 Å². The largest absolute Gasteiger partial charge is 0.335 e. The van der Waals surface area contributed by atoms with E-state index in [1.165, 1.54) is 24.4 Å². The lowest BCUT2D eigenvalue weighted by molar-refractivity contribution is -0.469. The predicted octanol–water partition coefficient (Wildman–Crippen LogP) is -0.661. The van der Waals surface area contributed by atoms with E-state index in [1.54, 1.807) is 0 Å². The molecular weight excluding hydrogens is 277 g/mol. The van der Waals surface area contributed by atoms with Crippen LogP contribution in [0, 0.1) is 11.7 Å². The van der Waals surface area contributed by atoms with Crippen LogP contribution in [0.2, 0.25) is 0 Å². The first-order chi connectivity index (χ1) is 10.1. The maximum absolute atomic E-state index is 13.8. The fourth-order valence-corrected chi connectivity index (χ4v) is 2.08. The molecule has 0 aromatic heterocycles. The van der Waals surface area contributed by atoms with Crippen LogP contribution in [0.3, 0.4) is 0 Å². The van der Waals surface area contributed by atoms with Crippen molar-refractivity contribution in [1.29, 1.82) is 0 Å². The second-order valence-corrected chi connectivity index (χ2v) is 5.00. The van der Waals surface area contributed by atoms with Crippen molar-refractivity contribution in [3.63, 3.8) is 0 Å². The Labute approximate surface area is 119 Å². The summed E-state index contributed by atoms with van der Waals surface area (Å²) in [7, 11) is 0. The number of amides is 4. The summed E-state index contributed by atoms with van der Waals surface area (Å²) in [5.74, 6) is -3.32. The number of hydrogen-bond acceptors (Lipinski definition) is 3. The van der Waals surface area contributed by atoms with Crippen LogP contribution in [0.1, 0.15) is 12.8 Å². The van der Waals surface area contributed by atoms with Gasteiger partial charge in [-0.25, -0.2) is 19.1 Å². The van der Waals surface area contributed by atoms with Gasteiger partial charge in [-0.05, 0) is 12.1 Å². The average Bonchev–Trinajstić information content (AvgIpc) is 3.24. The highest BCUT2D eigenvalue weighted by molar-refractivity contribution is 6.32. The summed E-state index contributed by atoms with van der Waals surface area (Å²) in [6.07, 6.45) is 3.33. The number of nitrogens with zero attached hydrogens (tertiary/aromatic N) is 1. The standard InChI is InChI=1S/C14H12FN3O3/c15-10-3-1-2-4-11(10)18-13(20)9(7-16-8-5-6-8)12(19)17-14(18)21/h1-4,7-9H,5-6H2,(H,17,19,21)/p+1/t9-/m1/s1. The molecule has 0 unspecified atom stereocenters. The SMILES string of the molecule is O=C1NC(=O)N(c2ccccc2F)C(=O)[C@@H]1C=[NH+]C1CC1. The Morgan fingerprint density at radius 3 is 2.62 bits per heavy atom. The van der Waals surface area contributed by atoms with Crippen molar-refractivity contribution in [1.82, 2.24) is 5.32 Å². The normalized spacial score (nSPS) is 22.8. The molecule has 21 heavy (non-hydrogen) atoms. The molecule has 1 aromatic rings. The zero-order valence-corrected chi connectivity index (χ0v) is 11.0. The van der Waals surface area contributed by atoms with Crippen LogP contribution in [-0.2, 0) is 9.59 Å². The topological polar surface area (TPSA) is 80.5 Å². The summed E-state index contributed by atoms with van der Waals surface area (Å²) in [5.41, 5.74) is -0.169. The molecule has 3 rings (SSSR count). The smallest absolute Gasteiger partial charge is 0.276 e. The number of rotatable bonds is 3. The van der Waals surface area contributed by atoms with E-state index in [4.69, 9.17) is 0 Å². The van der Waals surface area contributed by atoms with E-state index < -0.39 is 29.6 Å². The number of carbonyl (C=O) groups excluding carboxylic acids is 3. The molecule has 1 aromatic carbocycles. The van der Waals surface area contributed by atoms with Crippen LogP contribution >= 0.6 is 0 Å². The molecule has 1 atom stereocenters. The Kier molecular flexibility index (Phi) is 3.25. The van der Waals surface area contributed by atoms with Gasteiger partial charge in [-0.3, -0.25) is 14.9 Å². The quantitative estimate of drug-likeness (QED) is 0.573. The van der Waals surface area contributed by atoms with E-state index in [-0.39, 0.29) is 11.7 Å². The average molecular weight is 290 g/mol. The third kappa shape index (κ3) is 2.54. The maximum Gasteiger partial charge on any atom is 0.335 e. The molecule has 2 fully saturated rings. The zero-order valence-electron chi connectivity index (χ0n) is 11.0. The van der Waals surface area contributed by atoms with Crippen molar-refractivity contribution in [3.8, 4) is 0 Å². The number of anilines is 1.